The van der Waals surface area contributed by atoms with Gasteiger partial charge >= 0.3 is 5.97 Å². The smallest absolute Gasteiger partial charge is 0.323 e. The third kappa shape index (κ3) is 2.63. The number of nitrogens with one attached hydrogen (secondary N) is 1. The summed E-state index contributed by atoms with van der Waals surface area (Å²) < 4.78 is 4.77. The first kappa shape index (κ1) is 10.3. The van der Waals surface area contributed by atoms with Crippen molar-refractivity contribution in [1.29, 1.82) is 5.26 Å². The summed E-state index contributed by atoms with van der Waals surface area (Å²) in [6.45, 7) is 2.03. The van der Waals surface area contributed by atoms with Crippen LogP contribution < -0.4 is 0 Å². The molecule has 0 saturated carbocycles. The van der Waals surface area contributed by atoms with E-state index in [9.17, 15) is 4.79 Å². The monoisotopic (exact) mass is 192 g/mol. The van der Waals surface area contributed by atoms with E-state index in [2.05, 4.69) is 4.98 Å². The Morgan fingerprint density at radius 3 is 3.07 bits per heavy atom. The minimum atomic E-state index is -0.714. The van der Waals surface area contributed by atoms with E-state index >= 15 is 0 Å². The van der Waals surface area contributed by atoms with Crippen molar-refractivity contribution in [3.63, 3.8) is 0 Å². The Morgan fingerprint density at radius 2 is 2.57 bits per heavy atom. The van der Waals surface area contributed by atoms with Crippen LogP contribution in [-0.4, -0.2) is 17.6 Å². The lowest BCUT2D eigenvalue weighted by atomic mass is 10.1. The first-order chi connectivity index (χ1) is 6.77. The highest BCUT2D eigenvalue weighted by Crippen LogP contribution is 2.07. The lowest BCUT2D eigenvalue weighted by molar-refractivity contribution is -0.145. The first-order valence-corrected chi connectivity index (χ1v) is 4.46. The van der Waals surface area contributed by atoms with E-state index in [1.807, 2.05) is 18.2 Å². The minimum Gasteiger partial charge on any atom is -0.465 e. The van der Waals surface area contributed by atoms with Crippen molar-refractivity contribution in [2.24, 2.45) is 5.92 Å². The normalized spacial score (nSPS) is 11.7. The van der Waals surface area contributed by atoms with Crippen LogP contribution in [0.5, 0.6) is 0 Å². The molecule has 1 N–H and O–H groups in total. The summed E-state index contributed by atoms with van der Waals surface area (Å²) in [5.74, 6) is -1.17. The molecular formula is C10H12N2O2. The average Bonchev–Trinajstić information content (AvgIpc) is 2.66. The van der Waals surface area contributed by atoms with Gasteiger partial charge < -0.3 is 9.72 Å². The number of hydrogen-bond acceptors (Lipinski definition) is 3. The standard InChI is InChI=1S/C10H12N2O2/c1-2-14-10(13)8(7-11)6-9-4-3-5-12-9/h3-5,8,12H,2,6H2,1H3. The van der Waals surface area contributed by atoms with E-state index < -0.39 is 11.9 Å². The number of aromatic amines is 1. The van der Waals surface area contributed by atoms with Crippen molar-refractivity contribution in [2.75, 3.05) is 6.61 Å². The molecular weight excluding hydrogens is 180 g/mol. The summed E-state index contributed by atoms with van der Waals surface area (Å²) in [5, 5.41) is 8.76. The van der Waals surface area contributed by atoms with Gasteiger partial charge in [0.05, 0.1) is 12.7 Å². The fourth-order valence-electron chi connectivity index (χ4n) is 1.14. The summed E-state index contributed by atoms with van der Waals surface area (Å²) in [6, 6.07) is 5.60. The van der Waals surface area contributed by atoms with Crippen LogP contribution in [0.3, 0.4) is 0 Å². The number of H-pyrrole nitrogens is 1. The molecule has 0 amide bonds. The van der Waals surface area contributed by atoms with Gasteiger partial charge in [0.15, 0.2) is 0 Å². The van der Waals surface area contributed by atoms with Crippen molar-refractivity contribution in [2.45, 2.75) is 13.3 Å². The zero-order valence-corrected chi connectivity index (χ0v) is 7.99. The summed E-state index contributed by atoms with van der Waals surface area (Å²) >= 11 is 0. The van der Waals surface area contributed by atoms with Crippen LogP contribution in [0.4, 0.5) is 0 Å². The Labute approximate surface area is 82.5 Å². The molecule has 1 rings (SSSR count). The van der Waals surface area contributed by atoms with Crippen molar-refractivity contribution >= 4 is 5.97 Å². The van der Waals surface area contributed by atoms with Crippen molar-refractivity contribution < 1.29 is 9.53 Å². The van der Waals surface area contributed by atoms with Gasteiger partial charge in [-0.15, -0.1) is 0 Å². The van der Waals surface area contributed by atoms with Crippen molar-refractivity contribution in [3.8, 4) is 6.07 Å². The molecule has 1 aromatic rings. The zero-order valence-electron chi connectivity index (χ0n) is 7.99. The first-order valence-electron chi connectivity index (χ1n) is 4.46. The number of aromatic nitrogens is 1. The third-order valence-corrected chi connectivity index (χ3v) is 1.81. The van der Waals surface area contributed by atoms with Crippen molar-refractivity contribution in [3.05, 3.63) is 24.0 Å². The highest BCUT2D eigenvalue weighted by atomic mass is 16.5. The number of esters is 1. The molecule has 1 heterocycles. The molecule has 1 atom stereocenters. The van der Waals surface area contributed by atoms with Crippen molar-refractivity contribution in [1.82, 2.24) is 4.98 Å². The maximum atomic E-state index is 11.2. The molecule has 0 spiro atoms. The molecule has 0 aliphatic carbocycles. The van der Waals surface area contributed by atoms with Gasteiger partial charge in [-0.25, -0.2) is 0 Å². The summed E-state index contributed by atoms with van der Waals surface area (Å²) in [4.78, 5) is 14.2. The topological polar surface area (TPSA) is 65.9 Å². The van der Waals surface area contributed by atoms with Gasteiger partial charge in [-0.05, 0) is 19.1 Å². The van der Waals surface area contributed by atoms with Gasteiger partial charge in [-0.2, -0.15) is 5.26 Å². The lowest BCUT2D eigenvalue weighted by Crippen LogP contribution is -2.18. The fourth-order valence-corrected chi connectivity index (χ4v) is 1.14. The second-order valence-corrected chi connectivity index (χ2v) is 2.83. The van der Waals surface area contributed by atoms with E-state index in [-0.39, 0.29) is 0 Å². The Kier molecular flexibility index (Phi) is 3.74. The molecule has 0 aliphatic rings. The van der Waals surface area contributed by atoms with Crippen LogP contribution in [0.2, 0.25) is 0 Å². The Balaban J connectivity index is 2.56. The van der Waals surface area contributed by atoms with Gasteiger partial charge in [0.2, 0.25) is 0 Å². The minimum absolute atomic E-state index is 0.307. The molecule has 4 nitrogen and oxygen atoms in total. The van der Waals surface area contributed by atoms with E-state index in [0.29, 0.717) is 13.0 Å². The van der Waals surface area contributed by atoms with Crippen LogP contribution in [0, 0.1) is 17.2 Å². The van der Waals surface area contributed by atoms with E-state index in [4.69, 9.17) is 10.00 Å². The van der Waals surface area contributed by atoms with Gasteiger partial charge in [-0.3, -0.25) is 4.79 Å². The van der Waals surface area contributed by atoms with Crippen LogP contribution in [-0.2, 0) is 16.0 Å². The molecule has 0 saturated heterocycles. The molecule has 4 heteroatoms. The summed E-state index contributed by atoms with van der Waals surface area (Å²) in [7, 11) is 0. The molecule has 1 aromatic heterocycles. The summed E-state index contributed by atoms with van der Waals surface area (Å²) in [5.41, 5.74) is 0.865. The predicted molar refractivity (Wildman–Crippen MR) is 50.2 cm³/mol. The number of carbonyl (C=O) groups is 1. The second-order valence-electron chi connectivity index (χ2n) is 2.83. The van der Waals surface area contributed by atoms with E-state index in [1.54, 1.807) is 13.1 Å². The van der Waals surface area contributed by atoms with Gasteiger partial charge in [0.25, 0.3) is 0 Å². The maximum absolute atomic E-state index is 11.2. The molecule has 74 valence electrons. The fraction of sp³-hybridized carbons (Fsp3) is 0.400. The van der Waals surface area contributed by atoms with Crippen LogP contribution in [0.25, 0.3) is 0 Å². The van der Waals surface area contributed by atoms with E-state index in [0.717, 1.165) is 5.69 Å². The number of hydrogen-bond donors (Lipinski definition) is 1. The largest absolute Gasteiger partial charge is 0.465 e. The zero-order chi connectivity index (χ0) is 10.4. The van der Waals surface area contributed by atoms with Crippen LogP contribution in [0.1, 0.15) is 12.6 Å². The quantitative estimate of drug-likeness (QED) is 0.730. The van der Waals surface area contributed by atoms with Crippen LogP contribution >= 0.6 is 0 Å². The molecule has 1 unspecified atom stereocenters. The average molecular weight is 192 g/mol. The highest BCUT2D eigenvalue weighted by molar-refractivity contribution is 5.75. The van der Waals surface area contributed by atoms with Gasteiger partial charge in [0.1, 0.15) is 5.92 Å². The molecule has 0 aromatic carbocycles. The Morgan fingerprint density at radius 1 is 1.79 bits per heavy atom. The Bertz CT molecular complexity index is 324. The number of ether oxygens (including phenoxy) is 1. The number of nitriles is 1. The molecule has 14 heavy (non-hydrogen) atoms. The van der Waals surface area contributed by atoms with E-state index in [1.165, 1.54) is 0 Å². The third-order valence-electron chi connectivity index (χ3n) is 1.81. The number of carbonyl (C=O) groups excluding carboxylic acids is 1. The van der Waals surface area contributed by atoms with Gasteiger partial charge in [-0.1, -0.05) is 0 Å². The lowest BCUT2D eigenvalue weighted by Gasteiger charge is -2.06. The van der Waals surface area contributed by atoms with Gasteiger partial charge in [0, 0.05) is 18.3 Å². The molecule has 0 bridgehead atoms. The molecule has 0 aliphatic heterocycles. The predicted octanol–water partition coefficient (Wildman–Crippen LogP) is 1.26. The maximum Gasteiger partial charge on any atom is 0.323 e. The molecule has 0 fully saturated rings. The summed E-state index contributed by atoms with van der Waals surface area (Å²) in [6.07, 6.45) is 2.14. The molecule has 0 radical (unpaired) electrons. The number of rotatable bonds is 4. The Hall–Kier alpha value is -1.76. The number of nitrogens with zero attached hydrogens (tertiary/aromatic N) is 1. The highest BCUT2D eigenvalue weighted by Gasteiger charge is 2.19. The van der Waals surface area contributed by atoms with Crippen LogP contribution in [0.15, 0.2) is 18.3 Å². The second kappa shape index (κ2) is 5.07. The SMILES string of the molecule is CCOC(=O)C(C#N)Cc1ccc[nH]1.